The van der Waals surface area contributed by atoms with Gasteiger partial charge in [0.1, 0.15) is 11.3 Å². The number of hydrogen-bond donors (Lipinski definition) is 0. The standard InChI is InChI=1S/C14H13ClFN3S/c1-9-17-10(8-20-9)7-19-12-4-2-3-11(16)14(12)18-13(19)5-6-15/h2-4,8H,5-7H2,1H3. The molecule has 0 N–H and O–H groups in total. The van der Waals surface area contributed by atoms with Crippen LogP contribution < -0.4 is 0 Å². The van der Waals surface area contributed by atoms with Crippen LogP contribution in [-0.2, 0) is 13.0 Å². The lowest BCUT2D eigenvalue weighted by molar-refractivity contribution is 0.637. The first-order chi connectivity index (χ1) is 9.69. The minimum Gasteiger partial charge on any atom is -0.322 e. The zero-order valence-electron chi connectivity index (χ0n) is 10.9. The third-order valence-electron chi connectivity index (χ3n) is 3.11. The van der Waals surface area contributed by atoms with Crippen molar-refractivity contribution in [3.05, 3.63) is 45.9 Å². The molecule has 2 heterocycles. The van der Waals surface area contributed by atoms with Gasteiger partial charge in [0.2, 0.25) is 0 Å². The Kier molecular flexibility index (Phi) is 3.72. The van der Waals surface area contributed by atoms with Crippen LogP contribution in [-0.4, -0.2) is 20.4 Å². The van der Waals surface area contributed by atoms with Gasteiger partial charge in [0, 0.05) is 17.7 Å². The highest BCUT2D eigenvalue weighted by atomic mass is 35.5. The Bertz CT molecular complexity index is 750. The van der Waals surface area contributed by atoms with Crippen LogP contribution in [0.4, 0.5) is 4.39 Å². The van der Waals surface area contributed by atoms with Crippen molar-refractivity contribution in [1.29, 1.82) is 0 Å². The number of aryl methyl sites for hydroxylation is 2. The van der Waals surface area contributed by atoms with Gasteiger partial charge in [0.15, 0.2) is 5.82 Å². The zero-order valence-corrected chi connectivity index (χ0v) is 12.5. The van der Waals surface area contributed by atoms with E-state index in [9.17, 15) is 4.39 Å². The van der Waals surface area contributed by atoms with Gasteiger partial charge in [-0.15, -0.1) is 22.9 Å². The average molecular weight is 310 g/mol. The van der Waals surface area contributed by atoms with Crippen molar-refractivity contribution in [2.24, 2.45) is 0 Å². The highest BCUT2D eigenvalue weighted by Gasteiger charge is 2.14. The predicted molar refractivity (Wildman–Crippen MR) is 80.1 cm³/mol. The van der Waals surface area contributed by atoms with Crippen LogP contribution >= 0.6 is 22.9 Å². The zero-order chi connectivity index (χ0) is 14.1. The summed E-state index contributed by atoms with van der Waals surface area (Å²) < 4.78 is 15.8. The average Bonchev–Trinajstić information content (AvgIpc) is 2.97. The molecular formula is C14H13ClFN3S. The molecule has 20 heavy (non-hydrogen) atoms. The number of hydrogen-bond acceptors (Lipinski definition) is 3. The molecule has 0 spiro atoms. The second-order valence-electron chi connectivity index (χ2n) is 4.52. The predicted octanol–water partition coefficient (Wildman–Crippen LogP) is 3.77. The summed E-state index contributed by atoms with van der Waals surface area (Å²) in [6, 6.07) is 5.01. The number of benzene rings is 1. The van der Waals surface area contributed by atoms with E-state index < -0.39 is 0 Å². The molecule has 104 valence electrons. The Morgan fingerprint density at radius 1 is 1.35 bits per heavy atom. The molecular weight excluding hydrogens is 297 g/mol. The molecule has 0 saturated carbocycles. The number of nitrogens with zero attached hydrogens (tertiary/aromatic N) is 3. The maximum absolute atomic E-state index is 13.8. The summed E-state index contributed by atoms with van der Waals surface area (Å²) in [7, 11) is 0. The van der Waals surface area contributed by atoms with Crippen LogP contribution in [0.1, 0.15) is 16.5 Å². The second kappa shape index (κ2) is 5.50. The number of imidazole rings is 1. The van der Waals surface area contributed by atoms with Crippen molar-refractivity contribution in [2.45, 2.75) is 19.9 Å². The molecule has 3 nitrogen and oxygen atoms in total. The van der Waals surface area contributed by atoms with Crippen LogP contribution in [0.15, 0.2) is 23.6 Å². The minimum absolute atomic E-state index is 0.300. The van der Waals surface area contributed by atoms with E-state index in [1.54, 1.807) is 17.4 Å². The maximum atomic E-state index is 13.8. The first kappa shape index (κ1) is 13.5. The molecule has 0 bridgehead atoms. The lowest BCUT2D eigenvalue weighted by atomic mass is 10.3. The van der Waals surface area contributed by atoms with E-state index in [0.29, 0.717) is 24.4 Å². The molecule has 2 aromatic heterocycles. The Labute approximate surface area is 125 Å². The van der Waals surface area contributed by atoms with E-state index in [4.69, 9.17) is 11.6 Å². The topological polar surface area (TPSA) is 30.7 Å². The molecule has 0 atom stereocenters. The first-order valence-electron chi connectivity index (χ1n) is 6.29. The molecule has 0 unspecified atom stereocenters. The van der Waals surface area contributed by atoms with Gasteiger partial charge >= 0.3 is 0 Å². The van der Waals surface area contributed by atoms with Gasteiger partial charge in [-0.05, 0) is 19.1 Å². The summed E-state index contributed by atoms with van der Waals surface area (Å²) in [4.78, 5) is 8.84. The van der Waals surface area contributed by atoms with E-state index in [2.05, 4.69) is 9.97 Å². The molecule has 3 aromatic rings. The molecule has 0 saturated heterocycles. The highest BCUT2D eigenvalue weighted by Crippen LogP contribution is 2.21. The molecule has 0 aliphatic rings. The molecule has 0 aliphatic heterocycles. The van der Waals surface area contributed by atoms with Gasteiger partial charge in [0.05, 0.1) is 22.8 Å². The van der Waals surface area contributed by atoms with E-state index in [1.165, 1.54) is 6.07 Å². The Hall–Kier alpha value is -1.46. The van der Waals surface area contributed by atoms with Crippen molar-refractivity contribution in [1.82, 2.24) is 14.5 Å². The van der Waals surface area contributed by atoms with Gasteiger partial charge in [-0.3, -0.25) is 0 Å². The van der Waals surface area contributed by atoms with Crippen LogP contribution in [0, 0.1) is 12.7 Å². The van der Waals surface area contributed by atoms with Gasteiger partial charge < -0.3 is 4.57 Å². The summed E-state index contributed by atoms with van der Waals surface area (Å²) in [6.45, 7) is 2.57. The fourth-order valence-corrected chi connectivity index (χ4v) is 3.03. The van der Waals surface area contributed by atoms with Crippen molar-refractivity contribution < 1.29 is 4.39 Å². The number of para-hydroxylation sites is 1. The van der Waals surface area contributed by atoms with Gasteiger partial charge in [-0.2, -0.15) is 0 Å². The summed E-state index contributed by atoms with van der Waals surface area (Å²) in [5.41, 5.74) is 2.15. The van der Waals surface area contributed by atoms with E-state index in [0.717, 1.165) is 22.0 Å². The third-order valence-corrected chi connectivity index (χ3v) is 4.12. The fourth-order valence-electron chi connectivity index (χ4n) is 2.26. The SMILES string of the molecule is Cc1nc(Cn2c(CCCl)nc3c(F)cccc32)cs1. The molecule has 0 radical (unpaired) electrons. The van der Waals surface area contributed by atoms with E-state index in [-0.39, 0.29) is 5.82 Å². The first-order valence-corrected chi connectivity index (χ1v) is 7.71. The van der Waals surface area contributed by atoms with Crippen LogP contribution in [0.5, 0.6) is 0 Å². The summed E-state index contributed by atoms with van der Waals surface area (Å²) in [6.07, 6.45) is 0.610. The second-order valence-corrected chi connectivity index (χ2v) is 5.96. The minimum atomic E-state index is -0.300. The molecule has 0 fully saturated rings. The van der Waals surface area contributed by atoms with Crippen molar-refractivity contribution in [3.63, 3.8) is 0 Å². The lowest BCUT2D eigenvalue weighted by Crippen LogP contribution is -2.06. The molecule has 6 heteroatoms. The third kappa shape index (κ3) is 2.43. The Balaban J connectivity index is 2.11. The van der Waals surface area contributed by atoms with Gasteiger partial charge in [-0.25, -0.2) is 14.4 Å². The fraction of sp³-hybridized carbons (Fsp3) is 0.286. The van der Waals surface area contributed by atoms with Crippen molar-refractivity contribution >= 4 is 34.0 Å². The maximum Gasteiger partial charge on any atom is 0.151 e. The number of halogens is 2. The van der Waals surface area contributed by atoms with Crippen LogP contribution in [0.3, 0.4) is 0 Å². The van der Waals surface area contributed by atoms with Crippen LogP contribution in [0.2, 0.25) is 0 Å². The smallest absolute Gasteiger partial charge is 0.151 e. The number of rotatable bonds is 4. The largest absolute Gasteiger partial charge is 0.322 e. The normalized spacial score (nSPS) is 11.3. The van der Waals surface area contributed by atoms with Crippen molar-refractivity contribution in [3.8, 4) is 0 Å². The number of alkyl halides is 1. The number of aromatic nitrogens is 3. The Morgan fingerprint density at radius 2 is 2.20 bits per heavy atom. The summed E-state index contributed by atoms with van der Waals surface area (Å²) in [5, 5.41) is 3.04. The lowest BCUT2D eigenvalue weighted by Gasteiger charge is -2.06. The van der Waals surface area contributed by atoms with E-state index in [1.807, 2.05) is 22.9 Å². The Morgan fingerprint density at radius 3 is 2.90 bits per heavy atom. The quantitative estimate of drug-likeness (QED) is 0.687. The molecule has 0 amide bonds. The summed E-state index contributed by atoms with van der Waals surface area (Å²) >= 11 is 7.43. The highest BCUT2D eigenvalue weighted by molar-refractivity contribution is 7.09. The van der Waals surface area contributed by atoms with Crippen molar-refractivity contribution in [2.75, 3.05) is 5.88 Å². The van der Waals surface area contributed by atoms with Gasteiger partial charge in [0.25, 0.3) is 0 Å². The number of thiazole rings is 1. The van der Waals surface area contributed by atoms with Crippen LogP contribution in [0.25, 0.3) is 11.0 Å². The summed E-state index contributed by atoms with van der Waals surface area (Å²) in [5.74, 6) is 0.957. The monoisotopic (exact) mass is 309 g/mol. The molecule has 1 aromatic carbocycles. The molecule has 0 aliphatic carbocycles. The molecule has 3 rings (SSSR count). The number of fused-ring (bicyclic) bond motifs is 1. The van der Waals surface area contributed by atoms with E-state index >= 15 is 0 Å². The van der Waals surface area contributed by atoms with Gasteiger partial charge in [-0.1, -0.05) is 6.07 Å².